The number of carbonyl (C=O) groups excluding carboxylic acids is 2. The molecule has 0 aromatic heterocycles. The van der Waals surface area contributed by atoms with Crippen molar-refractivity contribution in [3.05, 3.63) is 57.6 Å². The number of nitrogens with one attached hydrogen (secondary N) is 1. The highest BCUT2D eigenvalue weighted by molar-refractivity contribution is 6.38. The van der Waals surface area contributed by atoms with Crippen LogP contribution in [0.15, 0.2) is 36.4 Å². The van der Waals surface area contributed by atoms with Crippen LogP contribution in [0.1, 0.15) is 37.9 Å². The zero-order valence-electron chi connectivity index (χ0n) is 15.3. The summed E-state index contributed by atoms with van der Waals surface area (Å²) in [6.07, 6.45) is -0.00197. The van der Waals surface area contributed by atoms with Crippen molar-refractivity contribution in [1.29, 1.82) is 0 Å². The summed E-state index contributed by atoms with van der Waals surface area (Å²) in [5.41, 5.74) is 1.88. The lowest BCUT2D eigenvalue weighted by molar-refractivity contribution is -0.126. The molecule has 142 valence electrons. The van der Waals surface area contributed by atoms with Crippen LogP contribution in [0.25, 0.3) is 0 Å². The van der Waals surface area contributed by atoms with Crippen molar-refractivity contribution < 1.29 is 14.3 Å². The highest BCUT2D eigenvalue weighted by Gasteiger charge is 2.41. The number of anilines is 1. The molecule has 0 aliphatic carbocycles. The van der Waals surface area contributed by atoms with Gasteiger partial charge in [0.05, 0.1) is 23.4 Å². The third kappa shape index (κ3) is 3.89. The zero-order chi connectivity index (χ0) is 19.7. The molecule has 27 heavy (non-hydrogen) atoms. The topological polar surface area (TPSA) is 58.6 Å². The van der Waals surface area contributed by atoms with E-state index in [2.05, 4.69) is 5.32 Å². The summed E-state index contributed by atoms with van der Waals surface area (Å²) in [5, 5.41) is 3.46. The summed E-state index contributed by atoms with van der Waals surface area (Å²) in [5.74, 6) is 0.0956. The van der Waals surface area contributed by atoms with Gasteiger partial charge in [-0.05, 0) is 32.0 Å². The van der Waals surface area contributed by atoms with E-state index in [-0.39, 0.29) is 24.5 Å². The number of nitrogens with zero attached hydrogens (tertiary/aromatic N) is 1. The van der Waals surface area contributed by atoms with Crippen LogP contribution in [-0.4, -0.2) is 17.9 Å². The normalized spacial score (nSPS) is 15.9. The summed E-state index contributed by atoms with van der Waals surface area (Å²) >= 11 is 12.7. The highest BCUT2D eigenvalue weighted by atomic mass is 35.5. The number of hydrogen-bond donors (Lipinski definition) is 1. The van der Waals surface area contributed by atoms with Gasteiger partial charge in [0.15, 0.2) is 0 Å². The fourth-order valence-corrected chi connectivity index (χ4v) is 3.69. The molecule has 0 bridgehead atoms. The van der Waals surface area contributed by atoms with E-state index in [1.54, 1.807) is 17.0 Å². The first-order chi connectivity index (χ1) is 12.8. The van der Waals surface area contributed by atoms with E-state index in [4.69, 9.17) is 27.9 Å². The lowest BCUT2D eigenvalue weighted by Gasteiger charge is -2.21. The van der Waals surface area contributed by atoms with Crippen molar-refractivity contribution in [3.8, 4) is 5.75 Å². The second-order valence-corrected chi connectivity index (χ2v) is 7.44. The van der Waals surface area contributed by atoms with Crippen LogP contribution in [0.3, 0.4) is 0 Å². The maximum atomic E-state index is 13.1. The van der Waals surface area contributed by atoms with Gasteiger partial charge < -0.3 is 15.0 Å². The largest absolute Gasteiger partial charge is 0.491 e. The highest BCUT2D eigenvalue weighted by Crippen LogP contribution is 2.45. The van der Waals surface area contributed by atoms with Crippen molar-refractivity contribution in [2.45, 2.75) is 39.5 Å². The number of rotatable bonds is 5. The molecule has 1 N–H and O–H groups in total. The molecule has 0 unspecified atom stereocenters. The zero-order valence-corrected chi connectivity index (χ0v) is 16.8. The van der Waals surface area contributed by atoms with Crippen LogP contribution in [0.5, 0.6) is 5.75 Å². The van der Waals surface area contributed by atoms with Crippen molar-refractivity contribution in [1.82, 2.24) is 5.32 Å². The second kappa shape index (κ2) is 7.79. The Labute approximate surface area is 168 Å². The monoisotopic (exact) mass is 406 g/mol. The van der Waals surface area contributed by atoms with E-state index in [0.29, 0.717) is 27.0 Å². The van der Waals surface area contributed by atoms with Crippen molar-refractivity contribution in [2.75, 3.05) is 4.90 Å². The third-order valence-corrected chi connectivity index (χ3v) is 4.83. The molecule has 0 saturated heterocycles. The molecule has 3 rings (SSSR count). The van der Waals surface area contributed by atoms with Gasteiger partial charge in [-0.25, -0.2) is 0 Å². The molecule has 0 saturated carbocycles. The van der Waals surface area contributed by atoms with Crippen LogP contribution >= 0.6 is 23.2 Å². The molecule has 5 nitrogen and oxygen atoms in total. The Morgan fingerprint density at radius 3 is 2.52 bits per heavy atom. The molecule has 2 aromatic rings. The van der Waals surface area contributed by atoms with Crippen LogP contribution in [0, 0.1) is 0 Å². The number of para-hydroxylation sites is 1. The molecular formula is C20H20Cl2N2O3. The Hall–Kier alpha value is -2.24. The number of halogens is 2. The molecule has 1 aliphatic rings. The van der Waals surface area contributed by atoms with E-state index in [1.807, 2.05) is 38.1 Å². The lowest BCUT2D eigenvalue weighted by atomic mass is 10.1. The SMILES string of the molecule is CC(=O)N[C@@H]1C(=O)N(Cc2ccccc2OC(C)C)c2c(Cl)ccc(Cl)c21. The van der Waals surface area contributed by atoms with E-state index in [1.165, 1.54) is 6.92 Å². The molecule has 2 aromatic carbocycles. The Morgan fingerprint density at radius 1 is 1.19 bits per heavy atom. The first kappa shape index (κ1) is 19.5. The standard InChI is InChI=1S/C20H20Cl2N2O3/c1-11(2)27-16-7-5-4-6-13(16)10-24-19-15(22)9-8-14(21)17(19)18(20(24)26)23-12(3)25/h4-9,11,18H,10H2,1-3H3,(H,23,25)/t18-/m0/s1. The summed E-state index contributed by atoms with van der Waals surface area (Å²) < 4.78 is 5.86. The minimum atomic E-state index is -0.859. The first-order valence-corrected chi connectivity index (χ1v) is 9.36. The molecule has 1 atom stereocenters. The van der Waals surface area contributed by atoms with Gasteiger partial charge in [-0.3, -0.25) is 9.59 Å². The molecule has 0 fully saturated rings. The number of amides is 2. The molecule has 1 aliphatic heterocycles. The summed E-state index contributed by atoms with van der Waals surface area (Å²) in [4.78, 5) is 26.3. The molecule has 7 heteroatoms. The number of benzene rings is 2. The molecule has 2 amide bonds. The molecule has 0 radical (unpaired) electrons. The summed E-state index contributed by atoms with van der Waals surface area (Å²) in [6, 6.07) is 9.94. The van der Waals surface area contributed by atoms with E-state index in [9.17, 15) is 9.59 Å². The Balaban J connectivity index is 2.04. The van der Waals surface area contributed by atoms with Gasteiger partial charge in [0.1, 0.15) is 11.8 Å². The van der Waals surface area contributed by atoms with Crippen LogP contribution in [0.2, 0.25) is 10.0 Å². The quantitative estimate of drug-likeness (QED) is 0.794. The minimum absolute atomic E-state index is 0.00197. The fourth-order valence-electron chi connectivity index (χ4n) is 3.16. The van der Waals surface area contributed by atoms with Gasteiger partial charge in [-0.1, -0.05) is 41.4 Å². The second-order valence-electron chi connectivity index (χ2n) is 6.62. The van der Waals surface area contributed by atoms with Gasteiger partial charge in [0.2, 0.25) is 5.91 Å². The number of carbonyl (C=O) groups is 2. The van der Waals surface area contributed by atoms with Crippen LogP contribution in [-0.2, 0) is 16.1 Å². The maximum Gasteiger partial charge on any atom is 0.254 e. The minimum Gasteiger partial charge on any atom is -0.491 e. The molecular weight excluding hydrogens is 387 g/mol. The Bertz CT molecular complexity index is 899. The average molecular weight is 407 g/mol. The van der Waals surface area contributed by atoms with E-state index in [0.717, 1.165) is 5.56 Å². The van der Waals surface area contributed by atoms with E-state index >= 15 is 0 Å². The third-order valence-electron chi connectivity index (χ3n) is 4.20. The predicted octanol–water partition coefficient (Wildman–Crippen LogP) is 4.50. The van der Waals surface area contributed by atoms with E-state index < -0.39 is 6.04 Å². The van der Waals surface area contributed by atoms with Gasteiger partial charge in [-0.2, -0.15) is 0 Å². The van der Waals surface area contributed by atoms with Crippen LogP contribution < -0.4 is 15.0 Å². The first-order valence-electron chi connectivity index (χ1n) is 8.60. The summed E-state index contributed by atoms with van der Waals surface area (Å²) in [6.45, 7) is 5.50. The fraction of sp³-hybridized carbons (Fsp3) is 0.300. The summed E-state index contributed by atoms with van der Waals surface area (Å²) in [7, 11) is 0. The Morgan fingerprint density at radius 2 is 1.85 bits per heavy atom. The number of fused-ring (bicyclic) bond motifs is 1. The van der Waals surface area contributed by atoms with Gasteiger partial charge in [0.25, 0.3) is 5.91 Å². The van der Waals surface area contributed by atoms with Gasteiger partial charge in [-0.15, -0.1) is 0 Å². The van der Waals surface area contributed by atoms with Gasteiger partial charge >= 0.3 is 0 Å². The van der Waals surface area contributed by atoms with Crippen molar-refractivity contribution in [3.63, 3.8) is 0 Å². The predicted molar refractivity (Wildman–Crippen MR) is 106 cm³/mol. The lowest BCUT2D eigenvalue weighted by Crippen LogP contribution is -2.36. The number of hydrogen-bond acceptors (Lipinski definition) is 3. The maximum absolute atomic E-state index is 13.1. The number of ether oxygens (including phenoxy) is 1. The smallest absolute Gasteiger partial charge is 0.254 e. The van der Waals surface area contributed by atoms with Gasteiger partial charge in [0, 0.05) is 23.1 Å². The van der Waals surface area contributed by atoms with Crippen molar-refractivity contribution in [2.24, 2.45) is 0 Å². The molecule has 0 spiro atoms. The van der Waals surface area contributed by atoms with Crippen molar-refractivity contribution >= 4 is 40.7 Å². The van der Waals surface area contributed by atoms with Crippen LogP contribution in [0.4, 0.5) is 5.69 Å². The molecule has 1 heterocycles. The average Bonchev–Trinajstić information content (AvgIpc) is 2.86. The Kier molecular flexibility index (Phi) is 5.63.